The highest BCUT2D eigenvalue weighted by atomic mass is 19.4. The number of carbonyl (C=O) groups excluding carboxylic acids is 3. The van der Waals surface area contributed by atoms with E-state index in [0.717, 1.165) is 29.4 Å². The number of urea groups is 2. The van der Waals surface area contributed by atoms with E-state index in [9.17, 15) is 27.6 Å². The van der Waals surface area contributed by atoms with Crippen molar-refractivity contribution in [1.29, 1.82) is 5.26 Å². The van der Waals surface area contributed by atoms with Crippen molar-refractivity contribution < 1.29 is 37.5 Å². The molecule has 5 amide bonds. The zero-order valence-corrected chi connectivity index (χ0v) is 24.2. The van der Waals surface area contributed by atoms with E-state index < -0.39 is 24.1 Å². The number of nitrogens with zero attached hydrogens (tertiary/aromatic N) is 5. The molecular weight excluding hydrogens is 569 g/mol. The summed E-state index contributed by atoms with van der Waals surface area (Å²) in [5.74, 6) is -2.99. The zero-order valence-electron chi connectivity index (χ0n) is 24.2. The predicted octanol–water partition coefficient (Wildman–Crippen LogP) is 4.69. The van der Waals surface area contributed by atoms with Crippen molar-refractivity contribution in [3.05, 3.63) is 65.7 Å². The summed E-state index contributed by atoms with van der Waals surface area (Å²) in [4.78, 5) is 53.6. The first-order chi connectivity index (χ1) is 20.2. The minimum absolute atomic E-state index is 0.200. The molecule has 1 aliphatic heterocycles. The van der Waals surface area contributed by atoms with Crippen LogP contribution < -0.4 is 5.32 Å². The van der Waals surface area contributed by atoms with Gasteiger partial charge in [0.15, 0.2) is 6.19 Å². The van der Waals surface area contributed by atoms with Gasteiger partial charge in [0.05, 0.1) is 0 Å². The summed E-state index contributed by atoms with van der Waals surface area (Å²) in [7, 11) is 1.33. The van der Waals surface area contributed by atoms with Gasteiger partial charge in [-0.2, -0.15) is 18.4 Å². The number of benzene rings is 2. The quantitative estimate of drug-likeness (QED) is 0.346. The van der Waals surface area contributed by atoms with Crippen LogP contribution in [0.15, 0.2) is 54.6 Å². The second-order valence-electron chi connectivity index (χ2n) is 10.1. The summed E-state index contributed by atoms with van der Waals surface area (Å²) in [6, 6.07) is 15.9. The lowest BCUT2D eigenvalue weighted by atomic mass is 10.1. The van der Waals surface area contributed by atoms with Crippen LogP contribution in [0.25, 0.3) is 0 Å². The number of nitriles is 1. The Balaban J connectivity index is 0.000000821. The number of imide groups is 1. The Hall–Kier alpha value is -4.64. The van der Waals surface area contributed by atoms with E-state index >= 15 is 0 Å². The van der Waals surface area contributed by atoms with E-state index in [0.29, 0.717) is 25.2 Å². The van der Waals surface area contributed by atoms with E-state index in [4.69, 9.17) is 15.2 Å². The average molecular weight is 605 g/mol. The Bertz CT molecular complexity index is 1290. The fourth-order valence-corrected chi connectivity index (χ4v) is 3.93. The molecule has 43 heavy (non-hydrogen) atoms. The molecule has 1 fully saturated rings. The predicted molar refractivity (Wildman–Crippen MR) is 152 cm³/mol. The summed E-state index contributed by atoms with van der Waals surface area (Å²) in [5.41, 5.74) is 1.99. The number of carboxylic acids is 1. The first kappa shape index (κ1) is 34.6. The monoisotopic (exact) mass is 604 g/mol. The fraction of sp³-hybridized carbons (Fsp3) is 0.414. The molecule has 1 heterocycles. The van der Waals surface area contributed by atoms with Gasteiger partial charge >= 0.3 is 24.2 Å². The number of rotatable bonds is 7. The maximum atomic E-state index is 13.2. The largest absolute Gasteiger partial charge is 0.490 e. The van der Waals surface area contributed by atoms with Gasteiger partial charge in [-0.3, -0.25) is 14.6 Å². The second kappa shape index (κ2) is 16.1. The summed E-state index contributed by atoms with van der Waals surface area (Å²) in [6.07, 6.45) is -2.72. The van der Waals surface area contributed by atoms with Crippen LogP contribution in [0.5, 0.6) is 0 Å². The van der Waals surface area contributed by atoms with E-state index in [2.05, 4.69) is 22.3 Å². The second-order valence-corrected chi connectivity index (χ2v) is 10.1. The number of hydrogen-bond acceptors (Lipinski definition) is 6. The highest BCUT2D eigenvalue weighted by molar-refractivity contribution is 6.05. The number of amides is 5. The molecule has 2 aromatic rings. The van der Waals surface area contributed by atoms with Crippen molar-refractivity contribution in [3.8, 4) is 6.19 Å². The molecule has 1 aliphatic rings. The fourth-order valence-electron chi connectivity index (χ4n) is 3.93. The molecule has 0 aromatic heterocycles. The minimum atomic E-state index is -5.08. The number of aliphatic carboxylic acids is 1. The van der Waals surface area contributed by atoms with Crippen LogP contribution in [0.4, 0.5) is 28.4 Å². The number of alkyl halides is 3. The molecule has 14 heteroatoms. The lowest BCUT2D eigenvalue weighted by Gasteiger charge is -2.34. The molecule has 2 aromatic carbocycles. The maximum absolute atomic E-state index is 13.2. The lowest BCUT2D eigenvalue weighted by Crippen LogP contribution is -2.49. The number of halogens is 3. The van der Waals surface area contributed by atoms with Gasteiger partial charge in [-0.05, 0) is 36.1 Å². The van der Waals surface area contributed by atoms with Crippen LogP contribution in [0.3, 0.4) is 0 Å². The van der Waals surface area contributed by atoms with Crippen molar-refractivity contribution in [1.82, 2.24) is 19.6 Å². The highest BCUT2D eigenvalue weighted by Gasteiger charge is 2.38. The number of anilines is 1. The Morgan fingerprint density at radius 1 is 1.02 bits per heavy atom. The molecule has 0 spiro atoms. The summed E-state index contributed by atoms with van der Waals surface area (Å²) in [5, 5.41) is 19.1. The minimum Gasteiger partial charge on any atom is -0.475 e. The third-order valence-corrected chi connectivity index (χ3v) is 6.35. The van der Waals surface area contributed by atoms with E-state index in [-0.39, 0.29) is 24.1 Å². The smallest absolute Gasteiger partial charge is 0.475 e. The van der Waals surface area contributed by atoms with Crippen LogP contribution in [0.2, 0.25) is 0 Å². The molecule has 232 valence electrons. The van der Waals surface area contributed by atoms with Crippen molar-refractivity contribution >= 4 is 29.6 Å². The molecule has 3 rings (SSSR count). The van der Waals surface area contributed by atoms with Crippen LogP contribution in [0, 0.1) is 17.4 Å². The molecule has 0 bridgehead atoms. The SMILES string of the molecule is CC(C)CCN(C(=O)c1cccc(NC(=O)N2CCN(Cc3ccccc3)CC2)c1)C(=O)N(C)C#N.O=C(O)C(F)(F)F. The van der Waals surface area contributed by atoms with Crippen LogP contribution in [0.1, 0.15) is 36.2 Å². The normalized spacial score (nSPS) is 13.3. The number of hydrogen-bond donors (Lipinski definition) is 2. The Morgan fingerprint density at radius 3 is 2.16 bits per heavy atom. The molecule has 0 radical (unpaired) electrons. The van der Waals surface area contributed by atoms with Gasteiger partial charge < -0.3 is 15.3 Å². The molecule has 2 N–H and O–H groups in total. The molecule has 0 aliphatic carbocycles. The van der Waals surface area contributed by atoms with Gasteiger partial charge in [-0.25, -0.2) is 19.3 Å². The van der Waals surface area contributed by atoms with E-state index in [1.165, 1.54) is 12.6 Å². The van der Waals surface area contributed by atoms with Crippen LogP contribution in [-0.4, -0.2) is 94.6 Å². The van der Waals surface area contributed by atoms with Gasteiger partial charge in [0.25, 0.3) is 5.91 Å². The molecule has 1 saturated heterocycles. The lowest BCUT2D eigenvalue weighted by molar-refractivity contribution is -0.192. The van der Waals surface area contributed by atoms with Gasteiger partial charge in [-0.1, -0.05) is 50.2 Å². The highest BCUT2D eigenvalue weighted by Crippen LogP contribution is 2.17. The average Bonchev–Trinajstić information content (AvgIpc) is 2.97. The van der Waals surface area contributed by atoms with Crippen LogP contribution >= 0.6 is 0 Å². The number of carbonyl (C=O) groups is 4. The molecule has 0 saturated carbocycles. The molecular formula is C29H35F3N6O5. The molecule has 0 atom stereocenters. The van der Waals surface area contributed by atoms with E-state index in [1.54, 1.807) is 35.4 Å². The van der Waals surface area contributed by atoms with Gasteiger partial charge in [-0.15, -0.1) is 0 Å². The Kier molecular flexibility index (Phi) is 13.0. The van der Waals surface area contributed by atoms with Crippen molar-refractivity contribution in [3.63, 3.8) is 0 Å². The summed E-state index contributed by atoms with van der Waals surface area (Å²) < 4.78 is 31.7. The standard InChI is InChI=1S/C27H34N6O3.C2HF3O2/c1-21(2)12-13-33(27(36)30(3)20-28)25(34)23-10-7-11-24(18-23)29-26(35)32-16-14-31(15-17-32)19-22-8-5-4-6-9-22;3-2(4,5)1(6)7/h4-11,18,21H,12-17,19H2,1-3H3,(H,29,35);(H,6,7). The third kappa shape index (κ3) is 11.3. The van der Waals surface area contributed by atoms with Crippen LogP contribution in [-0.2, 0) is 11.3 Å². The maximum Gasteiger partial charge on any atom is 0.490 e. The molecule has 11 nitrogen and oxygen atoms in total. The van der Waals surface area contributed by atoms with Crippen molar-refractivity contribution in [2.45, 2.75) is 33.0 Å². The number of carboxylic acid groups (broad SMARTS) is 1. The first-order valence-corrected chi connectivity index (χ1v) is 13.4. The van der Waals surface area contributed by atoms with Gasteiger partial charge in [0, 0.05) is 57.6 Å². The number of piperazine rings is 1. The first-order valence-electron chi connectivity index (χ1n) is 13.4. The summed E-state index contributed by atoms with van der Waals surface area (Å²) in [6.45, 7) is 7.82. The van der Waals surface area contributed by atoms with E-state index in [1.807, 2.05) is 32.0 Å². The number of nitrogens with one attached hydrogen (secondary N) is 1. The topological polar surface area (TPSA) is 137 Å². The summed E-state index contributed by atoms with van der Waals surface area (Å²) >= 11 is 0. The van der Waals surface area contributed by atoms with Crippen molar-refractivity contribution in [2.24, 2.45) is 5.92 Å². The van der Waals surface area contributed by atoms with Gasteiger partial charge in [0.2, 0.25) is 0 Å². The zero-order chi connectivity index (χ0) is 32.2. The van der Waals surface area contributed by atoms with Gasteiger partial charge in [0.1, 0.15) is 0 Å². The third-order valence-electron chi connectivity index (χ3n) is 6.35. The van der Waals surface area contributed by atoms with Crippen molar-refractivity contribution in [2.75, 3.05) is 45.1 Å². The molecule has 0 unspecified atom stereocenters. The Morgan fingerprint density at radius 2 is 1.63 bits per heavy atom. The Labute approximate surface area is 248 Å².